The Hall–Kier alpha value is -1.85. The number of hydrogen-bond donors (Lipinski definition) is 1. The molecule has 1 unspecified atom stereocenters. The van der Waals surface area contributed by atoms with Crippen molar-refractivity contribution >= 4 is 6.21 Å². The Morgan fingerprint density at radius 3 is 2.73 bits per heavy atom. The average Bonchev–Trinajstić information content (AvgIpc) is 2.86. The van der Waals surface area contributed by atoms with E-state index in [1.807, 2.05) is 46.8 Å². The lowest BCUT2D eigenvalue weighted by Gasteiger charge is -2.16. The molecule has 0 amide bonds. The van der Waals surface area contributed by atoms with Gasteiger partial charge in [0.15, 0.2) is 12.9 Å². The molecule has 1 N–H and O–H groups in total. The third kappa shape index (κ3) is 4.58. The predicted octanol–water partition coefficient (Wildman–Crippen LogP) is -0.360. The second kappa shape index (κ2) is 9.23. The maximum Gasteiger partial charge on any atom is 0.305 e. The van der Waals surface area contributed by atoms with E-state index in [-0.39, 0.29) is 18.5 Å². The summed E-state index contributed by atoms with van der Waals surface area (Å²) in [6.45, 7) is 2.57. The number of aromatic nitrogens is 2. The quantitative estimate of drug-likeness (QED) is 0.327. The molecule has 5 nitrogen and oxygen atoms in total. The lowest BCUT2D eigenvalue weighted by Crippen LogP contribution is -3.00. The Balaban J connectivity index is 0.00000242. The highest BCUT2D eigenvalue weighted by Gasteiger charge is 2.16. The van der Waals surface area contributed by atoms with E-state index in [0.29, 0.717) is 6.73 Å². The molecule has 2 aromatic rings. The third-order valence-electron chi connectivity index (χ3n) is 3.44. The number of ether oxygens (including phenoxy) is 1. The van der Waals surface area contributed by atoms with Crippen LogP contribution in [0.2, 0.25) is 0 Å². The summed E-state index contributed by atoms with van der Waals surface area (Å²) in [6, 6.07) is 10.2. The van der Waals surface area contributed by atoms with E-state index in [0.717, 1.165) is 18.7 Å². The smallest absolute Gasteiger partial charge is 0.305 e. The van der Waals surface area contributed by atoms with Gasteiger partial charge in [-0.1, -0.05) is 48.8 Å². The Morgan fingerprint density at radius 1 is 1.36 bits per heavy atom. The fourth-order valence-corrected chi connectivity index (χ4v) is 2.31. The van der Waals surface area contributed by atoms with Gasteiger partial charge in [-0.15, -0.1) is 0 Å². The molecule has 0 saturated carbocycles. The van der Waals surface area contributed by atoms with Crippen molar-refractivity contribution in [1.82, 2.24) is 4.57 Å². The van der Waals surface area contributed by atoms with Gasteiger partial charge in [-0.2, -0.15) is 0 Å². The topological polar surface area (TPSA) is 50.6 Å². The van der Waals surface area contributed by atoms with E-state index >= 15 is 0 Å². The molecular formula is C16H22ClN3O2. The second-order valence-corrected chi connectivity index (χ2v) is 4.97. The normalized spacial score (nSPS) is 12.3. The summed E-state index contributed by atoms with van der Waals surface area (Å²) in [5, 5.41) is 11.8. The minimum absolute atomic E-state index is 0. The SMILES string of the molecule is CCCC(OCn1cc[n+](C)c1/C=N/O)c1ccccc1.[Cl-]. The van der Waals surface area contributed by atoms with Crippen LogP contribution in [-0.2, 0) is 18.5 Å². The summed E-state index contributed by atoms with van der Waals surface area (Å²) in [5.74, 6) is 0.779. The lowest BCUT2D eigenvalue weighted by molar-refractivity contribution is -0.672. The molecule has 6 heteroatoms. The summed E-state index contributed by atoms with van der Waals surface area (Å²) in [7, 11) is 1.90. The van der Waals surface area contributed by atoms with Crippen LogP contribution in [-0.4, -0.2) is 16.0 Å². The van der Waals surface area contributed by atoms with Gasteiger partial charge in [0.25, 0.3) is 0 Å². The monoisotopic (exact) mass is 323 g/mol. The first-order chi connectivity index (χ1) is 10.3. The van der Waals surface area contributed by atoms with Crippen LogP contribution >= 0.6 is 0 Å². The molecule has 1 aromatic heterocycles. The van der Waals surface area contributed by atoms with Crippen molar-refractivity contribution in [2.24, 2.45) is 12.2 Å². The van der Waals surface area contributed by atoms with Gasteiger partial charge in [0.05, 0.1) is 13.2 Å². The Labute approximate surface area is 137 Å². The van der Waals surface area contributed by atoms with Crippen molar-refractivity contribution in [1.29, 1.82) is 0 Å². The molecule has 1 aromatic carbocycles. The number of rotatable bonds is 7. The maximum absolute atomic E-state index is 8.73. The van der Waals surface area contributed by atoms with Gasteiger partial charge >= 0.3 is 5.82 Å². The lowest BCUT2D eigenvalue weighted by atomic mass is 10.1. The average molecular weight is 324 g/mol. The van der Waals surface area contributed by atoms with Gasteiger partial charge in [0.2, 0.25) is 0 Å². The highest BCUT2D eigenvalue weighted by molar-refractivity contribution is 5.72. The number of benzene rings is 1. The molecule has 0 aliphatic heterocycles. The van der Waals surface area contributed by atoms with Crippen molar-refractivity contribution in [3.8, 4) is 0 Å². The van der Waals surface area contributed by atoms with Crippen molar-refractivity contribution in [3.63, 3.8) is 0 Å². The first-order valence-electron chi connectivity index (χ1n) is 7.15. The van der Waals surface area contributed by atoms with Crippen LogP contribution in [0.4, 0.5) is 0 Å². The minimum atomic E-state index is 0. The molecule has 1 atom stereocenters. The zero-order chi connectivity index (χ0) is 15.1. The third-order valence-corrected chi connectivity index (χ3v) is 3.44. The Morgan fingerprint density at radius 2 is 2.09 bits per heavy atom. The van der Waals surface area contributed by atoms with Crippen LogP contribution in [0.25, 0.3) is 0 Å². The number of nitrogens with zero attached hydrogens (tertiary/aromatic N) is 3. The van der Waals surface area contributed by atoms with Crippen molar-refractivity contribution in [2.45, 2.75) is 32.6 Å². The molecular weight excluding hydrogens is 302 g/mol. The molecule has 2 rings (SSSR count). The largest absolute Gasteiger partial charge is 1.00 e. The van der Waals surface area contributed by atoms with E-state index in [4.69, 9.17) is 9.94 Å². The Kier molecular flexibility index (Phi) is 7.63. The van der Waals surface area contributed by atoms with Gasteiger partial charge in [-0.25, -0.2) is 9.13 Å². The van der Waals surface area contributed by atoms with Crippen molar-refractivity contribution in [3.05, 3.63) is 54.1 Å². The molecule has 0 aliphatic carbocycles. The molecule has 0 fully saturated rings. The van der Waals surface area contributed by atoms with E-state index in [2.05, 4.69) is 24.2 Å². The molecule has 1 heterocycles. The molecule has 0 bridgehead atoms. The number of imidazole rings is 1. The van der Waals surface area contributed by atoms with E-state index in [9.17, 15) is 0 Å². The summed E-state index contributed by atoms with van der Waals surface area (Å²) in [5.41, 5.74) is 1.19. The Bertz CT molecular complexity index is 584. The highest BCUT2D eigenvalue weighted by atomic mass is 35.5. The number of aryl methyl sites for hydroxylation is 1. The molecule has 0 radical (unpaired) electrons. The highest BCUT2D eigenvalue weighted by Crippen LogP contribution is 2.22. The second-order valence-electron chi connectivity index (χ2n) is 4.97. The van der Waals surface area contributed by atoms with Crippen LogP contribution in [0, 0.1) is 0 Å². The molecule has 0 aliphatic rings. The van der Waals surface area contributed by atoms with Crippen molar-refractivity contribution in [2.75, 3.05) is 0 Å². The maximum atomic E-state index is 8.73. The molecule has 0 saturated heterocycles. The first kappa shape index (κ1) is 18.2. The number of oxime groups is 1. The van der Waals surface area contributed by atoms with E-state index in [1.54, 1.807) is 0 Å². The summed E-state index contributed by atoms with van der Waals surface area (Å²) < 4.78 is 9.84. The van der Waals surface area contributed by atoms with Crippen LogP contribution in [0.1, 0.15) is 37.3 Å². The van der Waals surface area contributed by atoms with E-state index in [1.165, 1.54) is 11.8 Å². The zero-order valence-electron chi connectivity index (χ0n) is 12.9. The summed E-state index contributed by atoms with van der Waals surface area (Å²) in [4.78, 5) is 0. The summed E-state index contributed by atoms with van der Waals surface area (Å²) >= 11 is 0. The van der Waals surface area contributed by atoms with Gasteiger partial charge < -0.3 is 22.4 Å². The molecule has 0 spiro atoms. The minimum Gasteiger partial charge on any atom is -1.00 e. The van der Waals surface area contributed by atoms with Gasteiger partial charge in [-0.05, 0) is 12.0 Å². The summed E-state index contributed by atoms with van der Waals surface area (Å²) in [6.07, 6.45) is 7.32. The number of halogens is 1. The van der Waals surface area contributed by atoms with Gasteiger partial charge in [0, 0.05) is 0 Å². The number of hydrogen-bond acceptors (Lipinski definition) is 3. The first-order valence-corrected chi connectivity index (χ1v) is 7.15. The fraction of sp³-hybridized carbons (Fsp3) is 0.375. The van der Waals surface area contributed by atoms with Gasteiger partial charge in [0.1, 0.15) is 12.4 Å². The fourth-order valence-electron chi connectivity index (χ4n) is 2.31. The predicted molar refractivity (Wildman–Crippen MR) is 80.2 cm³/mol. The van der Waals surface area contributed by atoms with Gasteiger partial charge in [-0.3, -0.25) is 0 Å². The van der Waals surface area contributed by atoms with E-state index < -0.39 is 0 Å². The van der Waals surface area contributed by atoms with Crippen LogP contribution < -0.4 is 17.0 Å². The van der Waals surface area contributed by atoms with Crippen LogP contribution in [0.3, 0.4) is 0 Å². The van der Waals surface area contributed by atoms with Crippen LogP contribution in [0.15, 0.2) is 47.9 Å². The van der Waals surface area contributed by atoms with Crippen LogP contribution in [0.5, 0.6) is 0 Å². The van der Waals surface area contributed by atoms with Crippen molar-refractivity contribution < 1.29 is 26.9 Å². The molecule has 120 valence electrons. The standard InChI is InChI=1S/C16H21N3O2.ClH/c1-3-7-15(14-8-5-4-6-9-14)21-13-19-11-10-18(2)16(19)12-17-20;/h4-6,8-12,15H,3,7,13H2,1-2H3;1H. The zero-order valence-corrected chi connectivity index (χ0v) is 13.6. The molecule has 22 heavy (non-hydrogen) atoms.